The van der Waals surface area contributed by atoms with Crippen LogP contribution < -0.4 is 0 Å². The van der Waals surface area contributed by atoms with Crippen molar-refractivity contribution in [3.05, 3.63) is 47.5 Å². The number of rotatable bonds is 3. The van der Waals surface area contributed by atoms with E-state index in [4.69, 9.17) is 0 Å². The van der Waals surface area contributed by atoms with Crippen molar-refractivity contribution in [2.75, 3.05) is 0 Å². The fourth-order valence-corrected chi connectivity index (χ4v) is 4.43. The Morgan fingerprint density at radius 1 is 1.00 bits per heavy atom. The van der Waals surface area contributed by atoms with E-state index in [0.29, 0.717) is 5.41 Å². The van der Waals surface area contributed by atoms with E-state index in [-0.39, 0.29) is 0 Å². The van der Waals surface area contributed by atoms with Crippen molar-refractivity contribution in [3.63, 3.8) is 0 Å². The van der Waals surface area contributed by atoms with Crippen LogP contribution in [0.1, 0.15) is 76.7 Å². The topological polar surface area (TPSA) is 0 Å². The van der Waals surface area contributed by atoms with Crippen molar-refractivity contribution in [2.45, 2.75) is 71.1 Å². The molecule has 1 unspecified atom stereocenters. The van der Waals surface area contributed by atoms with Crippen LogP contribution in [0, 0.1) is 17.4 Å². The number of hydrogen-bond acceptors (Lipinski definition) is 0. The molecule has 0 spiro atoms. The van der Waals surface area contributed by atoms with Crippen molar-refractivity contribution in [1.29, 1.82) is 0 Å². The summed E-state index contributed by atoms with van der Waals surface area (Å²) in [6.07, 6.45) is 17.9. The molecule has 2 aliphatic carbocycles. The van der Waals surface area contributed by atoms with E-state index in [9.17, 15) is 0 Å². The largest absolute Gasteiger partial charge is 0.188 e. The first-order valence-corrected chi connectivity index (χ1v) is 8.95. The van der Waals surface area contributed by atoms with Gasteiger partial charge in [0.25, 0.3) is 0 Å². The molecule has 0 aliphatic heterocycles. The van der Waals surface area contributed by atoms with Gasteiger partial charge < -0.3 is 0 Å². The first kappa shape index (κ1) is 14.8. The smallest absolute Gasteiger partial charge is 0.0540 e. The SMILES string of the molecule is CC1(CC2CCCCC2)CCCCC1=[C+]c1ccccc1. The highest BCUT2D eigenvalue weighted by atomic mass is 14.4. The van der Waals surface area contributed by atoms with E-state index in [2.05, 4.69) is 43.3 Å². The van der Waals surface area contributed by atoms with Gasteiger partial charge in [-0.3, -0.25) is 0 Å². The molecule has 0 heteroatoms. The minimum Gasteiger partial charge on any atom is -0.0540 e. The van der Waals surface area contributed by atoms with Gasteiger partial charge in [-0.05, 0) is 49.8 Å². The molecule has 1 atom stereocenters. The molecule has 0 aromatic heterocycles. The first-order valence-electron chi connectivity index (χ1n) is 8.95. The maximum absolute atomic E-state index is 3.78. The lowest BCUT2D eigenvalue weighted by molar-refractivity contribution is 0.200. The third-order valence-electron chi connectivity index (χ3n) is 5.67. The summed E-state index contributed by atoms with van der Waals surface area (Å²) in [6.45, 7) is 2.52. The summed E-state index contributed by atoms with van der Waals surface area (Å²) in [5.41, 5.74) is 3.28. The minimum absolute atomic E-state index is 0.413. The van der Waals surface area contributed by atoms with Crippen LogP contribution in [0.25, 0.3) is 0 Å². The molecule has 0 nitrogen and oxygen atoms in total. The van der Waals surface area contributed by atoms with Gasteiger partial charge in [-0.25, -0.2) is 0 Å². The summed E-state index contributed by atoms with van der Waals surface area (Å²) in [6, 6.07) is 10.7. The Hall–Kier alpha value is -1.13. The van der Waals surface area contributed by atoms with Crippen LogP contribution in [-0.2, 0) is 0 Å². The molecule has 112 valence electrons. The Bertz CT molecular complexity index is 464. The van der Waals surface area contributed by atoms with Crippen molar-refractivity contribution in [3.8, 4) is 0 Å². The molecular weight excluding hydrogens is 252 g/mol. The zero-order valence-corrected chi connectivity index (χ0v) is 13.5. The zero-order valence-electron chi connectivity index (χ0n) is 13.5. The molecule has 21 heavy (non-hydrogen) atoms. The van der Waals surface area contributed by atoms with Crippen molar-refractivity contribution < 1.29 is 0 Å². The standard InChI is InChI=1S/C21H29/c1-21(17-19-12-6-3-7-13-19)15-9-8-14-20(21)16-18-10-4-2-5-11-18/h2,4-5,10-11,19H,3,6-9,12-15,17H2,1H3/q+1. The molecule has 1 aromatic rings. The summed E-state index contributed by atoms with van der Waals surface area (Å²) in [5.74, 6) is 0.967. The summed E-state index contributed by atoms with van der Waals surface area (Å²) in [7, 11) is 0. The number of benzene rings is 1. The lowest BCUT2D eigenvalue weighted by Crippen LogP contribution is -2.27. The predicted molar refractivity (Wildman–Crippen MR) is 90.1 cm³/mol. The van der Waals surface area contributed by atoms with Crippen LogP contribution in [-0.4, -0.2) is 0 Å². The normalized spacial score (nSPS) is 29.3. The Morgan fingerprint density at radius 2 is 1.76 bits per heavy atom. The summed E-state index contributed by atoms with van der Waals surface area (Å²) < 4.78 is 0. The first-order chi connectivity index (χ1) is 10.3. The van der Waals surface area contributed by atoms with Gasteiger partial charge in [0.15, 0.2) is 5.56 Å². The molecule has 0 bridgehead atoms. The Morgan fingerprint density at radius 3 is 2.52 bits per heavy atom. The van der Waals surface area contributed by atoms with Gasteiger partial charge >= 0.3 is 0 Å². The third kappa shape index (κ3) is 3.74. The predicted octanol–water partition coefficient (Wildman–Crippen LogP) is 6.31. The molecule has 2 aliphatic rings. The number of allylic oxidation sites excluding steroid dienone is 1. The van der Waals surface area contributed by atoms with E-state index in [1.54, 1.807) is 5.57 Å². The molecule has 0 heterocycles. The van der Waals surface area contributed by atoms with Crippen LogP contribution in [0.3, 0.4) is 0 Å². The maximum Gasteiger partial charge on any atom is 0.188 e. The summed E-state index contributed by atoms with van der Waals surface area (Å²) in [5, 5.41) is 0. The van der Waals surface area contributed by atoms with Crippen LogP contribution in [0.2, 0.25) is 0 Å². The fraction of sp³-hybridized carbons (Fsp3) is 0.619. The average Bonchev–Trinajstić information content (AvgIpc) is 2.52. The average molecular weight is 281 g/mol. The molecule has 3 rings (SSSR count). The van der Waals surface area contributed by atoms with Crippen molar-refractivity contribution in [2.24, 2.45) is 11.3 Å². The molecular formula is C21H29+. The maximum atomic E-state index is 3.78. The molecule has 2 fully saturated rings. The Kier molecular flexibility index (Phi) is 4.76. The van der Waals surface area contributed by atoms with E-state index < -0.39 is 0 Å². The Balaban J connectivity index is 1.77. The van der Waals surface area contributed by atoms with Gasteiger partial charge in [-0.15, -0.1) is 0 Å². The van der Waals surface area contributed by atoms with E-state index >= 15 is 0 Å². The highest BCUT2D eigenvalue weighted by molar-refractivity contribution is 5.28. The molecule has 0 saturated heterocycles. The van der Waals surface area contributed by atoms with Gasteiger partial charge in [-0.2, -0.15) is 0 Å². The zero-order chi connectivity index (χ0) is 14.5. The van der Waals surface area contributed by atoms with Gasteiger partial charge in [0.05, 0.1) is 12.1 Å². The van der Waals surface area contributed by atoms with E-state index in [0.717, 1.165) is 5.92 Å². The summed E-state index contributed by atoms with van der Waals surface area (Å²) in [4.78, 5) is 0. The third-order valence-corrected chi connectivity index (χ3v) is 5.67. The second-order valence-corrected chi connectivity index (χ2v) is 7.45. The van der Waals surface area contributed by atoms with Gasteiger partial charge in [-0.1, -0.05) is 45.4 Å². The van der Waals surface area contributed by atoms with Crippen LogP contribution in [0.4, 0.5) is 0 Å². The lowest BCUT2D eigenvalue weighted by Gasteiger charge is -2.38. The monoisotopic (exact) mass is 281 g/mol. The molecule has 0 radical (unpaired) electrons. The lowest BCUT2D eigenvalue weighted by atomic mass is 9.65. The van der Waals surface area contributed by atoms with Gasteiger partial charge in [0.1, 0.15) is 0 Å². The quantitative estimate of drug-likeness (QED) is 0.569. The second-order valence-electron chi connectivity index (χ2n) is 7.45. The second kappa shape index (κ2) is 6.75. The molecule has 0 amide bonds. The molecule has 0 N–H and O–H groups in total. The summed E-state index contributed by atoms with van der Waals surface area (Å²) >= 11 is 0. The van der Waals surface area contributed by atoms with E-state index in [1.165, 1.54) is 69.8 Å². The Labute approximate surface area is 130 Å². The molecule has 2 saturated carbocycles. The number of hydrogen-bond donors (Lipinski definition) is 0. The highest BCUT2D eigenvalue weighted by Gasteiger charge is 2.36. The van der Waals surface area contributed by atoms with Crippen LogP contribution in [0.15, 0.2) is 35.9 Å². The highest BCUT2D eigenvalue weighted by Crippen LogP contribution is 2.47. The van der Waals surface area contributed by atoms with E-state index in [1.807, 2.05) is 0 Å². The van der Waals surface area contributed by atoms with Crippen molar-refractivity contribution in [1.82, 2.24) is 0 Å². The minimum atomic E-state index is 0.413. The fourth-order valence-electron chi connectivity index (χ4n) is 4.43. The van der Waals surface area contributed by atoms with Crippen molar-refractivity contribution >= 4 is 0 Å². The molecule has 1 aromatic carbocycles. The van der Waals surface area contributed by atoms with Crippen LogP contribution >= 0.6 is 0 Å². The van der Waals surface area contributed by atoms with Gasteiger partial charge in [0.2, 0.25) is 0 Å². The van der Waals surface area contributed by atoms with Gasteiger partial charge in [0, 0.05) is 17.1 Å². The van der Waals surface area contributed by atoms with Crippen LogP contribution in [0.5, 0.6) is 0 Å².